The molecule has 132 valence electrons. The molecule has 1 saturated heterocycles. The first-order valence-electron chi connectivity index (χ1n) is 7.83. The number of nitrogens with zero attached hydrogens (tertiary/aromatic N) is 4. The summed E-state index contributed by atoms with van der Waals surface area (Å²) in [4.78, 5) is 16.7. The summed E-state index contributed by atoms with van der Waals surface area (Å²) in [6, 6.07) is -0.350. The van der Waals surface area contributed by atoms with E-state index in [2.05, 4.69) is 10.00 Å². The van der Waals surface area contributed by atoms with Gasteiger partial charge in [0.2, 0.25) is 5.91 Å². The molecule has 2 rings (SSSR count). The van der Waals surface area contributed by atoms with Crippen molar-refractivity contribution >= 4 is 30.1 Å². The summed E-state index contributed by atoms with van der Waals surface area (Å²) in [7, 11) is 1.93. The van der Waals surface area contributed by atoms with E-state index in [0.717, 1.165) is 51.3 Å². The molecule has 1 amide bonds. The van der Waals surface area contributed by atoms with E-state index in [1.807, 2.05) is 35.3 Å². The standard InChI is InChI=1S/C15H27N5OS.ClH/c1-18-11-13(10-17-18)12-19-5-3-6-20(8-7-19)15(21)14(16)4-9-22-2;/h10-11,14H,3-9,12,16H2,1-2H3;1H/t14-;/m0./s1. The average molecular weight is 362 g/mol. The molecule has 1 fully saturated rings. The molecule has 8 heteroatoms. The average Bonchev–Trinajstić information content (AvgIpc) is 2.78. The lowest BCUT2D eigenvalue weighted by atomic mass is 10.2. The second-order valence-electron chi connectivity index (χ2n) is 5.87. The zero-order valence-electron chi connectivity index (χ0n) is 14.0. The number of carbonyl (C=O) groups excluding carboxylic acids is 1. The highest BCUT2D eigenvalue weighted by molar-refractivity contribution is 7.98. The molecule has 1 aliphatic rings. The lowest BCUT2D eigenvalue weighted by Gasteiger charge is -2.24. The fourth-order valence-electron chi connectivity index (χ4n) is 2.76. The van der Waals surface area contributed by atoms with Crippen LogP contribution in [0.3, 0.4) is 0 Å². The molecular weight excluding hydrogens is 334 g/mol. The number of thioether (sulfide) groups is 1. The van der Waals surface area contributed by atoms with Gasteiger partial charge in [0, 0.05) is 51.5 Å². The molecule has 2 heterocycles. The number of halogens is 1. The number of aromatic nitrogens is 2. The molecule has 23 heavy (non-hydrogen) atoms. The number of nitrogens with two attached hydrogens (primary N) is 1. The quantitative estimate of drug-likeness (QED) is 0.817. The van der Waals surface area contributed by atoms with Crippen LogP contribution in [-0.4, -0.2) is 69.7 Å². The van der Waals surface area contributed by atoms with Crippen molar-refractivity contribution in [3.05, 3.63) is 18.0 Å². The van der Waals surface area contributed by atoms with Crippen LogP contribution in [-0.2, 0) is 18.4 Å². The van der Waals surface area contributed by atoms with Gasteiger partial charge in [-0.15, -0.1) is 12.4 Å². The number of hydrogen-bond donors (Lipinski definition) is 1. The molecule has 1 aromatic rings. The Balaban J connectivity index is 0.00000264. The molecule has 1 aromatic heterocycles. The van der Waals surface area contributed by atoms with Crippen LogP contribution in [0.15, 0.2) is 12.4 Å². The van der Waals surface area contributed by atoms with Crippen LogP contribution in [0.4, 0.5) is 0 Å². The predicted octanol–water partition coefficient (Wildman–Crippen LogP) is 0.957. The molecule has 0 spiro atoms. The Morgan fingerprint density at radius 1 is 1.39 bits per heavy atom. The minimum atomic E-state index is -0.350. The molecule has 0 radical (unpaired) electrons. The van der Waals surface area contributed by atoms with Crippen molar-refractivity contribution in [2.75, 3.05) is 38.2 Å². The molecule has 0 unspecified atom stereocenters. The van der Waals surface area contributed by atoms with Gasteiger partial charge in [0.1, 0.15) is 0 Å². The fraction of sp³-hybridized carbons (Fsp3) is 0.733. The van der Waals surface area contributed by atoms with Gasteiger partial charge in [-0.3, -0.25) is 14.4 Å². The van der Waals surface area contributed by atoms with Gasteiger partial charge in [0.15, 0.2) is 0 Å². The molecule has 0 aliphatic carbocycles. The van der Waals surface area contributed by atoms with Gasteiger partial charge >= 0.3 is 0 Å². The van der Waals surface area contributed by atoms with E-state index in [1.54, 1.807) is 11.8 Å². The third kappa shape index (κ3) is 6.33. The van der Waals surface area contributed by atoms with E-state index in [1.165, 1.54) is 5.56 Å². The maximum atomic E-state index is 12.4. The summed E-state index contributed by atoms with van der Waals surface area (Å²) in [5, 5.41) is 4.21. The van der Waals surface area contributed by atoms with E-state index in [4.69, 9.17) is 5.73 Å². The van der Waals surface area contributed by atoms with Crippen molar-refractivity contribution in [1.29, 1.82) is 0 Å². The zero-order valence-corrected chi connectivity index (χ0v) is 15.6. The van der Waals surface area contributed by atoms with Crippen molar-refractivity contribution in [3.8, 4) is 0 Å². The molecule has 0 saturated carbocycles. The normalized spacial score (nSPS) is 17.4. The lowest BCUT2D eigenvalue weighted by Crippen LogP contribution is -2.45. The summed E-state index contributed by atoms with van der Waals surface area (Å²) in [5.41, 5.74) is 7.24. The Morgan fingerprint density at radius 3 is 2.83 bits per heavy atom. The largest absolute Gasteiger partial charge is 0.340 e. The van der Waals surface area contributed by atoms with Crippen LogP contribution in [0.5, 0.6) is 0 Å². The second kappa shape index (κ2) is 10.2. The number of hydrogen-bond acceptors (Lipinski definition) is 5. The summed E-state index contributed by atoms with van der Waals surface area (Å²) in [5.74, 6) is 1.05. The van der Waals surface area contributed by atoms with Crippen LogP contribution in [0.2, 0.25) is 0 Å². The van der Waals surface area contributed by atoms with Crippen molar-refractivity contribution in [1.82, 2.24) is 19.6 Å². The van der Waals surface area contributed by atoms with Crippen molar-refractivity contribution < 1.29 is 4.79 Å². The lowest BCUT2D eigenvalue weighted by molar-refractivity contribution is -0.132. The van der Waals surface area contributed by atoms with Gasteiger partial charge in [-0.1, -0.05) is 0 Å². The highest BCUT2D eigenvalue weighted by Crippen LogP contribution is 2.10. The molecule has 6 nitrogen and oxygen atoms in total. The van der Waals surface area contributed by atoms with Crippen LogP contribution < -0.4 is 5.73 Å². The SMILES string of the molecule is CSCC[C@H](N)C(=O)N1CCCN(Cc2cnn(C)c2)CC1.Cl. The Hall–Kier alpha value is -0.760. The van der Waals surface area contributed by atoms with E-state index < -0.39 is 0 Å². The second-order valence-corrected chi connectivity index (χ2v) is 6.85. The number of amides is 1. The minimum Gasteiger partial charge on any atom is -0.340 e. The van der Waals surface area contributed by atoms with Gasteiger partial charge in [0.05, 0.1) is 12.2 Å². The maximum Gasteiger partial charge on any atom is 0.239 e. The smallest absolute Gasteiger partial charge is 0.239 e. The Morgan fingerprint density at radius 2 is 2.17 bits per heavy atom. The van der Waals surface area contributed by atoms with Crippen LogP contribution in [0.1, 0.15) is 18.4 Å². The Bertz CT molecular complexity index is 484. The van der Waals surface area contributed by atoms with Gasteiger partial charge in [-0.25, -0.2) is 0 Å². The van der Waals surface area contributed by atoms with E-state index >= 15 is 0 Å². The molecule has 1 aliphatic heterocycles. The summed E-state index contributed by atoms with van der Waals surface area (Å²) in [6.45, 7) is 4.39. The number of aryl methyl sites for hydroxylation is 1. The monoisotopic (exact) mass is 361 g/mol. The van der Waals surface area contributed by atoms with E-state index in [-0.39, 0.29) is 24.4 Å². The molecule has 1 atom stereocenters. The number of rotatable bonds is 6. The first-order chi connectivity index (χ1) is 10.6. The van der Waals surface area contributed by atoms with Gasteiger partial charge in [0.25, 0.3) is 0 Å². The summed E-state index contributed by atoms with van der Waals surface area (Å²) in [6.07, 6.45) is 7.76. The highest BCUT2D eigenvalue weighted by atomic mass is 35.5. The Kier molecular flexibility index (Phi) is 8.98. The van der Waals surface area contributed by atoms with Crippen LogP contribution in [0, 0.1) is 0 Å². The first-order valence-corrected chi connectivity index (χ1v) is 9.22. The van der Waals surface area contributed by atoms with Crippen molar-refractivity contribution in [3.63, 3.8) is 0 Å². The zero-order chi connectivity index (χ0) is 15.9. The van der Waals surface area contributed by atoms with Gasteiger partial charge < -0.3 is 10.6 Å². The minimum absolute atomic E-state index is 0. The van der Waals surface area contributed by atoms with Crippen molar-refractivity contribution in [2.24, 2.45) is 12.8 Å². The fourth-order valence-corrected chi connectivity index (χ4v) is 3.25. The van der Waals surface area contributed by atoms with E-state index in [9.17, 15) is 4.79 Å². The topological polar surface area (TPSA) is 67.4 Å². The predicted molar refractivity (Wildman–Crippen MR) is 97.9 cm³/mol. The summed E-state index contributed by atoms with van der Waals surface area (Å²) < 4.78 is 1.83. The Labute approximate surface area is 149 Å². The molecular formula is C15H28ClN5OS. The number of carbonyl (C=O) groups is 1. The molecule has 0 aromatic carbocycles. The maximum absolute atomic E-state index is 12.4. The third-order valence-corrected chi connectivity index (χ3v) is 4.66. The van der Waals surface area contributed by atoms with Gasteiger partial charge in [-0.05, 0) is 24.9 Å². The van der Waals surface area contributed by atoms with Crippen LogP contribution in [0.25, 0.3) is 0 Å². The molecule has 2 N–H and O–H groups in total. The first kappa shape index (κ1) is 20.3. The molecule has 0 bridgehead atoms. The van der Waals surface area contributed by atoms with E-state index in [0.29, 0.717) is 0 Å². The highest BCUT2D eigenvalue weighted by Gasteiger charge is 2.23. The summed E-state index contributed by atoms with van der Waals surface area (Å²) >= 11 is 1.73. The van der Waals surface area contributed by atoms with Gasteiger partial charge in [-0.2, -0.15) is 16.9 Å². The third-order valence-electron chi connectivity index (χ3n) is 4.01. The van der Waals surface area contributed by atoms with Crippen LogP contribution >= 0.6 is 24.2 Å². The van der Waals surface area contributed by atoms with Crippen molar-refractivity contribution in [2.45, 2.75) is 25.4 Å².